The molecule has 1 aromatic rings. The molecule has 2 rings (SSSR count). The second-order valence-electron chi connectivity index (χ2n) is 4.56. The van der Waals surface area contributed by atoms with Gasteiger partial charge in [-0.2, -0.15) is 9.57 Å². The lowest BCUT2D eigenvalue weighted by Gasteiger charge is -2.33. The van der Waals surface area contributed by atoms with E-state index in [9.17, 15) is 13.5 Å². The molecule has 1 aliphatic rings. The second-order valence-corrected chi connectivity index (χ2v) is 6.41. The number of benzene rings is 1. The molecule has 0 aromatic heterocycles. The molecule has 1 aromatic carbocycles. The van der Waals surface area contributed by atoms with Crippen molar-refractivity contribution in [1.29, 1.82) is 5.26 Å². The van der Waals surface area contributed by atoms with Crippen LogP contribution in [-0.4, -0.2) is 37.0 Å². The van der Waals surface area contributed by atoms with Crippen LogP contribution in [0.15, 0.2) is 29.2 Å². The van der Waals surface area contributed by atoms with E-state index < -0.39 is 10.0 Å². The number of nitriles is 1. The van der Waals surface area contributed by atoms with Crippen molar-refractivity contribution in [3.63, 3.8) is 0 Å². The fraction of sp³-hybridized carbons (Fsp3) is 0.462. The molecule has 1 fully saturated rings. The van der Waals surface area contributed by atoms with Gasteiger partial charge in [-0.25, -0.2) is 8.42 Å². The normalized spacial score (nSPS) is 20.9. The molecule has 1 aliphatic heterocycles. The number of piperidine rings is 1. The molecule has 5 nitrogen and oxygen atoms in total. The maximum Gasteiger partial charge on any atom is 0.244 e. The predicted molar refractivity (Wildman–Crippen MR) is 69.8 cm³/mol. The van der Waals surface area contributed by atoms with Crippen LogP contribution in [0.3, 0.4) is 0 Å². The topological polar surface area (TPSA) is 81.4 Å². The van der Waals surface area contributed by atoms with Gasteiger partial charge in [0.25, 0.3) is 0 Å². The highest BCUT2D eigenvalue weighted by Crippen LogP contribution is 2.26. The lowest BCUT2D eigenvalue weighted by Crippen LogP contribution is -2.45. The molecule has 0 aliphatic carbocycles. The van der Waals surface area contributed by atoms with E-state index in [1.54, 1.807) is 12.1 Å². The van der Waals surface area contributed by atoms with Gasteiger partial charge >= 0.3 is 0 Å². The Balaban J connectivity index is 2.44. The molecular weight excluding hydrogens is 264 g/mol. The summed E-state index contributed by atoms with van der Waals surface area (Å²) in [5.74, 6) is 0. The molecule has 1 heterocycles. The van der Waals surface area contributed by atoms with Crippen LogP contribution < -0.4 is 0 Å². The minimum absolute atomic E-state index is 0.0258. The number of sulfonamides is 1. The van der Waals surface area contributed by atoms with Crippen molar-refractivity contribution < 1.29 is 13.5 Å². The monoisotopic (exact) mass is 280 g/mol. The van der Waals surface area contributed by atoms with Gasteiger partial charge in [0.05, 0.1) is 17.1 Å². The lowest BCUT2D eigenvalue weighted by molar-refractivity contribution is 0.155. The van der Waals surface area contributed by atoms with E-state index in [1.165, 1.54) is 16.4 Å². The summed E-state index contributed by atoms with van der Waals surface area (Å²) in [6.45, 7) is 0.210. The molecule has 1 unspecified atom stereocenters. The minimum Gasteiger partial charge on any atom is -0.395 e. The molecule has 1 saturated heterocycles. The Morgan fingerprint density at radius 3 is 2.79 bits per heavy atom. The number of nitrogens with zero attached hydrogens (tertiary/aromatic N) is 2. The number of aliphatic hydroxyl groups is 1. The van der Waals surface area contributed by atoms with Gasteiger partial charge in [0.1, 0.15) is 6.07 Å². The summed E-state index contributed by atoms with van der Waals surface area (Å²) < 4.78 is 26.5. The second kappa shape index (κ2) is 5.70. The van der Waals surface area contributed by atoms with Crippen LogP contribution in [0.2, 0.25) is 0 Å². The Labute approximate surface area is 113 Å². The van der Waals surface area contributed by atoms with E-state index in [-0.39, 0.29) is 23.1 Å². The first kappa shape index (κ1) is 14.0. The highest BCUT2D eigenvalue weighted by molar-refractivity contribution is 7.89. The highest BCUT2D eigenvalue weighted by atomic mass is 32.2. The van der Waals surface area contributed by atoms with Crippen LogP contribution in [0, 0.1) is 11.3 Å². The van der Waals surface area contributed by atoms with Gasteiger partial charge in [0, 0.05) is 12.6 Å². The van der Waals surface area contributed by atoms with Gasteiger partial charge in [-0.3, -0.25) is 0 Å². The van der Waals surface area contributed by atoms with Crippen molar-refractivity contribution in [3.05, 3.63) is 29.8 Å². The summed E-state index contributed by atoms with van der Waals surface area (Å²) in [5, 5.41) is 18.3. The smallest absolute Gasteiger partial charge is 0.244 e. The number of rotatable bonds is 3. The predicted octanol–water partition coefficient (Wildman–Crippen LogP) is 1.09. The summed E-state index contributed by atoms with van der Waals surface area (Å²) in [6.07, 6.45) is 2.35. The molecule has 19 heavy (non-hydrogen) atoms. The van der Waals surface area contributed by atoms with Crippen LogP contribution in [0.25, 0.3) is 0 Å². The van der Waals surface area contributed by atoms with E-state index in [0.29, 0.717) is 13.0 Å². The minimum atomic E-state index is -3.72. The van der Waals surface area contributed by atoms with Crippen molar-refractivity contribution >= 4 is 10.0 Å². The summed E-state index contributed by atoms with van der Waals surface area (Å²) >= 11 is 0. The van der Waals surface area contributed by atoms with Crippen molar-refractivity contribution in [2.45, 2.75) is 30.2 Å². The van der Waals surface area contributed by atoms with E-state index in [1.807, 2.05) is 6.07 Å². The fourth-order valence-electron chi connectivity index (χ4n) is 2.38. The van der Waals surface area contributed by atoms with Crippen LogP contribution >= 0.6 is 0 Å². The third kappa shape index (κ3) is 2.63. The van der Waals surface area contributed by atoms with Crippen LogP contribution in [-0.2, 0) is 10.0 Å². The SMILES string of the molecule is N#Cc1ccccc1S(=O)(=O)N1CCCCC1CO. The Kier molecular flexibility index (Phi) is 4.20. The van der Waals surface area contributed by atoms with Crippen LogP contribution in [0.4, 0.5) is 0 Å². The van der Waals surface area contributed by atoms with E-state index >= 15 is 0 Å². The molecule has 0 bridgehead atoms. The zero-order chi connectivity index (χ0) is 13.9. The quantitative estimate of drug-likeness (QED) is 0.898. The maximum absolute atomic E-state index is 12.6. The summed E-state index contributed by atoms with van der Waals surface area (Å²) in [5.41, 5.74) is 0.143. The first-order valence-electron chi connectivity index (χ1n) is 6.23. The van der Waals surface area contributed by atoms with Gasteiger partial charge in [0.15, 0.2) is 0 Å². The summed E-state index contributed by atoms with van der Waals surface area (Å²) in [7, 11) is -3.72. The third-order valence-corrected chi connectivity index (χ3v) is 5.39. The average Bonchev–Trinajstić information content (AvgIpc) is 2.47. The first-order chi connectivity index (χ1) is 9.11. The molecule has 0 radical (unpaired) electrons. The standard InChI is InChI=1S/C13H16N2O3S/c14-9-11-5-1-2-7-13(11)19(17,18)15-8-4-3-6-12(15)10-16/h1-2,5,7,12,16H,3-4,6,8,10H2. The maximum atomic E-state index is 12.6. The first-order valence-corrected chi connectivity index (χ1v) is 7.67. The number of aliphatic hydroxyl groups excluding tert-OH is 1. The molecule has 0 spiro atoms. The summed E-state index contributed by atoms with van der Waals surface area (Å²) in [4.78, 5) is 0.0258. The van der Waals surface area contributed by atoms with E-state index in [0.717, 1.165) is 12.8 Å². The molecule has 6 heteroatoms. The highest BCUT2D eigenvalue weighted by Gasteiger charge is 2.34. The number of hydrogen-bond donors (Lipinski definition) is 1. The zero-order valence-electron chi connectivity index (χ0n) is 10.5. The molecule has 102 valence electrons. The van der Waals surface area contributed by atoms with E-state index in [2.05, 4.69) is 0 Å². The fourth-order valence-corrected chi connectivity index (χ4v) is 4.21. The Bertz CT molecular complexity index is 592. The van der Waals surface area contributed by atoms with E-state index in [4.69, 9.17) is 5.26 Å². The van der Waals surface area contributed by atoms with Crippen molar-refractivity contribution in [2.75, 3.05) is 13.2 Å². The Hall–Kier alpha value is -1.42. The Morgan fingerprint density at radius 1 is 1.37 bits per heavy atom. The Morgan fingerprint density at radius 2 is 2.11 bits per heavy atom. The average molecular weight is 280 g/mol. The molecule has 0 saturated carbocycles. The number of hydrogen-bond acceptors (Lipinski definition) is 4. The van der Waals surface area contributed by atoms with Gasteiger partial charge in [-0.1, -0.05) is 18.6 Å². The van der Waals surface area contributed by atoms with Crippen LogP contribution in [0.5, 0.6) is 0 Å². The van der Waals surface area contributed by atoms with Gasteiger partial charge in [0.2, 0.25) is 10.0 Å². The molecular formula is C13H16N2O3S. The summed E-state index contributed by atoms with van der Waals surface area (Å²) in [6, 6.07) is 7.69. The van der Waals surface area contributed by atoms with Gasteiger partial charge in [-0.15, -0.1) is 0 Å². The lowest BCUT2D eigenvalue weighted by atomic mass is 10.1. The molecule has 0 amide bonds. The molecule has 1 N–H and O–H groups in total. The molecule has 1 atom stereocenters. The third-order valence-electron chi connectivity index (χ3n) is 3.38. The van der Waals surface area contributed by atoms with Gasteiger partial charge in [-0.05, 0) is 25.0 Å². The zero-order valence-corrected chi connectivity index (χ0v) is 11.3. The van der Waals surface area contributed by atoms with Crippen LogP contribution in [0.1, 0.15) is 24.8 Å². The van der Waals surface area contributed by atoms with Crippen molar-refractivity contribution in [1.82, 2.24) is 4.31 Å². The van der Waals surface area contributed by atoms with Crippen molar-refractivity contribution in [3.8, 4) is 6.07 Å². The van der Waals surface area contributed by atoms with Gasteiger partial charge < -0.3 is 5.11 Å². The van der Waals surface area contributed by atoms with Crippen molar-refractivity contribution in [2.24, 2.45) is 0 Å². The largest absolute Gasteiger partial charge is 0.395 e.